The number of nitrogens with zero attached hydrogens (tertiary/aromatic N) is 1. The van der Waals surface area contributed by atoms with Crippen molar-refractivity contribution < 1.29 is 50.3 Å². The fraction of sp³-hybridized carbons (Fsp3) is 0.0156. The van der Waals surface area contributed by atoms with E-state index in [0.717, 1.165) is 127 Å². The maximum atomic E-state index is 9.36. The van der Waals surface area contributed by atoms with E-state index in [0.29, 0.717) is 49.6 Å². The fourth-order valence-corrected chi connectivity index (χ4v) is 18.7. The van der Waals surface area contributed by atoms with Crippen molar-refractivity contribution in [2.24, 2.45) is 0 Å². The first kappa shape index (κ1) is 54.8. The first-order valence-corrected chi connectivity index (χ1v) is 43.1. The summed E-state index contributed by atoms with van der Waals surface area (Å²) in [6, 6.07) is 88.2. The van der Waals surface area contributed by atoms with Crippen LogP contribution in [0.5, 0.6) is 0 Å². The van der Waals surface area contributed by atoms with E-state index in [4.69, 9.17) is 39.3 Å². The van der Waals surface area contributed by atoms with Crippen LogP contribution in [0.3, 0.4) is 0 Å². The Morgan fingerprint density at radius 3 is 0.848 bits per heavy atom. The van der Waals surface area contributed by atoms with Crippen LogP contribution in [0.1, 0.15) is 37.0 Å². The molecule has 0 unspecified atom stereocenters. The zero-order valence-corrected chi connectivity index (χ0v) is 70.7. The summed E-state index contributed by atoms with van der Waals surface area (Å²) in [5, 5.41) is 7.45. The third-order valence-electron chi connectivity index (χ3n) is 24.6. The van der Waals surface area contributed by atoms with Crippen LogP contribution in [-0.4, -0.2) is 14.1 Å². The van der Waals surface area contributed by atoms with E-state index in [1.165, 1.54) is 0 Å². The van der Waals surface area contributed by atoms with Gasteiger partial charge in [-0.25, -0.2) is 0 Å². The molecule has 0 aliphatic rings. The van der Waals surface area contributed by atoms with Gasteiger partial charge in [-0.2, -0.15) is 0 Å². The van der Waals surface area contributed by atoms with Crippen molar-refractivity contribution in [2.45, 2.75) is 0 Å². The molecule has 620 valence electrons. The highest BCUT2D eigenvalue weighted by molar-refractivity contribution is 6.26. The van der Waals surface area contributed by atoms with Gasteiger partial charge >= 0.3 is 0 Å². The average Bonchev–Trinajstić information content (AvgIpc) is 1.64. The Labute approximate surface area is 802 Å². The Hall–Kier alpha value is -17.2. The number of benzene rings is 23. The van der Waals surface area contributed by atoms with Gasteiger partial charge in [0.2, 0.25) is 0 Å². The van der Waals surface area contributed by atoms with Crippen molar-refractivity contribution in [1.29, 1.82) is 0 Å². The van der Waals surface area contributed by atoms with Crippen LogP contribution in [0.15, 0.2) is 492 Å². The van der Waals surface area contributed by atoms with Crippen molar-refractivity contribution >= 4 is 136 Å². The van der Waals surface area contributed by atoms with E-state index in [1.54, 1.807) is 78.9 Å². The molecule has 0 amide bonds. The Kier molecular flexibility index (Phi) is 13.8. The van der Waals surface area contributed by atoms with Gasteiger partial charge in [-0.3, -0.25) is 0 Å². The predicted octanol–water partition coefficient (Wildman–Crippen LogP) is 36.1. The van der Waals surface area contributed by atoms with Crippen molar-refractivity contribution in [3.8, 4) is 122 Å². The topological polar surface area (TPSA) is 42.7 Å². The van der Waals surface area contributed by atoms with Crippen molar-refractivity contribution in [3.63, 3.8) is 0 Å². The number of anilines is 1. The van der Waals surface area contributed by atoms with Gasteiger partial charge in [0.25, 0.3) is 0 Å². The van der Waals surface area contributed by atoms with Gasteiger partial charge in [0.05, 0.1) is 37.0 Å². The Bertz CT molecular complexity index is 10500. The Morgan fingerprint density at radius 2 is 0.455 bits per heavy atom. The quantitative estimate of drug-likeness (QED) is 0.114. The van der Waals surface area contributed by atoms with E-state index < -0.39 is 120 Å². The van der Waals surface area contributed by atoms with Crippen LogP contribution < -0.4 is 4.90 Å². The largest absolute Gasteiger partial charge is 0.456 e. The monoisotopic (exact) mass is 1710 g/mol. The molecule has 3 aromatic heterocycles. The number of rotatable bonds is 12. The summed E-state index contributed by atoms with van der Waals surface area (Å²) < 4.78 is 261. The lowest BCUT2D eigenvalue weighted by Gasteiger charge is -2.20. The summed E-state index contributed by atoms with van der Waals surface area (Å²) in [4.78, 5) is 2.05. The van der Waals surface area contributed by atoms with E-state index in [-0.39, 0.29) is 125 Å². The number of furan rings is 3. The molecule has 23 aromatic carbocycles. The number of para-hydroxylation sites is 3. The summed E-state index contributed by atoms with van der Waals surface area (Å²) in [6.45, 7) is 0. The van der Waals surface area contributed by atoms with Crippen LogP contribution in [0.25, 0.3) is 253 Å². The van der Waals surface area contributed by atoms with Crippen LogP contribution >= 0.6 is 0 Å². The summed E-state index contributed by atoms with van der Waals surface area (Å²) >= 11 is 0. The van der Waals surface area contributed by atoms with E-state index >= 15 is 0 Å². The lowest BCUT2D eigenvalue weighted by Crippen LogP contribution is -2.08. The second-order valence-electron chi connectivity index (χ2n) is 32.3. The van der Waals surface area contributed by atoms with Crippen LogP contribution in [0, 0.1) is 0 Å². The molecule has 0 atom stereocenters. The molecule has 0 bridgehead atoms. The maximum Gasteiger partial charge on any atom is 0.136 e. The number of fused-ring (bicyclic) bond motifs is 15. The van der Waals surface area contributed by atoms with Crippen molar-refractivity contribution in [1.82, 2.24) is 0 Å². The summed E-state index contributed by atoms with van der Waals surface area (Å²) in [5.41, 5.74) is 16.5. The van der Waals surface area contributed by atoms with Gasteiger partial charge in [0, 0.05) is 63.2 Å². The lowest BCUT2D eigenvalue weighted by molar-refractivity contribution is 0.668. The minimum atomic E-state index is -0.761. The van der Waals surface area contributed by atoms with Gasteiger partial charge < -0.3 is 18.2 Å². The molecule has 132 heavy (non-hydrogen) atoms. The van der Waals surface area contributed by atoms with Gasteiger partial charge in [-0.15, -0.1) is 0 Å². The fourth-order valence-electron chi connectivity index (χ4n) is 18.7. The van der Waals surface area contributed by atoms with Crippen LogP contribution in [-0.2, 0) is 0 Å². The number of hydrogen-bond donors (Lipinski definition) is 0. The normalized spacial score (nSPS) is 14.4. The highest BCUT2D eigenvalue weighted by Gasteiger charge is 2.25. The van der Waals surface area contributed by atoms with Crippen molar-refractivity contribution in [2.75, 3.05) is 19.0 Å². The van der Waals surface area contributed by atoms with E-state index in [1.807, 2.05) is 148 Å². The lowest BCUT2D eigenvalue weighted by atomic mass is 9.85. The third-order valence-corrected chi connectivity index (χ3v) is 24.6. The van der Waals surface area contributed by atoms with Gasteiger partial charge in [0.1, 0.15) is 33.5 Å². The molecule has 0 spiro atoms. The maximum absolute atomic E-state index is 9.36. The van der Waals surface area contributed by atoms with E-state index in [9.17, 15) is 11.0 Å². The minimum absolute atomic E-state index is 0.0455. The standard InChI is InChI=1S/C46H33NO.C44H28O.C38H24O/c1-47(2)34-25-26-38-40(29-34)44(31-15-7-4-8-16-31)37-18-10-9-17-36(37)43(38)32-21-23-33(24-22-32)45-35(30-13-5-3-6-14-30)27-28-42-46(45)39-19-11-12-20-41(39)48-42;1-3-13-30(14-4-1)41-34-17-7-9-19-36(34)42(37-20-10-8-18-35(37)41)32-25-23-29(24-26-32)33-27-28-40-44(38-21-11-12-22-39(38)45-40)43(33)31-15-5-2-6-16-31;1-2-10-26(11-3-1)37-30-13-4-6-15-32(30)38(33-16-7-5-14-31(33)37)27-20-18-25(19-21-27)28-22-23-36-34(24-28)29-12-8-9-17-35(29)39-36/h3-29H,1-2H3;1-28H;1-24H/i9D,10D,17D,18D;7D,8D,9D,10D,17D,18D,19D,20D;4D,5D,6D,7D,13D,14D,15D,16D,18D,19D,20D,21D,22D,23D,24D. The molecular formula is C128H85NO3. The average molecular weight is 1710 g/mol. The van der Waals surface area contributed by atoms with Crippen molar-refractivity contribution in [3.05, 3.63) is 479 Å². The molecule has 26 rings (SSSR count). The molecular weight excluding hydrogens is 1600 g/mol. The smallest absolute Gasteiger partial charge is 0.136 e. The number of hydrogen-bond acceptors (Lipinski definition) is 4. The van der Waals surface area contributed by atoms with Gasteiger partial charge in [-0.1, -0.05) is 424 Å². The highest BCUT2D eigenvalue weighted by Crippen LogP contribution is 2.52. The first-order chi connectivity index (χ1) is 76.6. The predicted molar refractivity (Wildman–Crippen MR) is 560 cm³/mol. The van der Waals surface area contributed by atoms with Gasteiger partial charge in [-0.05, 0) is 230 Å². The van der Waals surface area contributed by atoms with Crippen LogP contribution in [0.2, 0.25) is 0 Å². The first-order valence-electron chi connectivity index (χ1n) is 56.6. The molecule has 4 heteroatoms. The zero-order valence-electron chi connectivity index (χ0n) is 97.7. The molecule has 0 saturated heterocycles. The molecule has 0 fully saturated rings. The molecule has 0 saturated carbocycles. The second-order valence-corrected chi connectivity index (χ2v) is 32.3. The molecule has 0 aliphatic carbocycles. The zero-order chi connectivity index (χ0) is 111. The third kappa shape index (κ3) is 13.7. The second kappa shape index (κ2) is 33.2. The Balaban J connectivity index is 0.000000125. The molecule has 0 aliphatic heterocycles. The summed E-state index contributed by atoms with van der Waals surface area (Å²) in [7, 11) is 4.01. The highest BCUT2D eigenvalue weighted by atomic mass is 16.3. The minimum Gasteiger partial charge on any atom is -0.456 e. The van der Waals surface area contributed by atoms with Crippen LogP contribution in [0.4, 0.5) is 5.69 Å². The summed E-state index contributed by atoms with van der Waals surface area (Å²) in [6.07, 6.45) is 0. The SMILES string of the molecule is [2H]c1c([2H])c(-c2c3c([2H])c([2H])c([2H])c([2H])c3c(-c3ccccc3)c3c([2H])c([2H])c([2H])c([2H])c23)c([2H])c([2H])c1-c1c([2H])c([2H])c2oc3ccccc3c2c1[2H].[2H]c1c([2H])c([2H])c2c(-c3ccc(-c4ccc5oc6ccccc6c5c4-c4ccccc4)cc3)c3c([2H])c([2H])c([2H])c([2H])c3c(-c3ccccc3)c2c1[2H].[2H]c1c([2H])c([2H])c2c(-c3ccccc3)c3cc(N(C)C)ccc3c(-c3ccc(-c4c(-c5ccccc5)ccc5oc6ccccc6c45)cc3)c2c1[2H]. The molecule has 26 aromatic rings. The Morgan fingerprint density at radius 1 is 0.174 bits per heavy atom. The molecule has 0 radical (unpaired) electrons. The van der Waals surface area contributed by atoms with Gasteiger partial charge in [0.15, 0.2) is 0 Å². The molecule has 0 N–H and O–H groups in total. The summed E-state index contributed by atoms with van der Waals surface area (Å²) in [5.74, 6) is 0. The molecule has 4 nitrogen and oxygen atoms in total. The molecule has 3 heterocycles. The van der Waals surface area contributed by atoms with E-state index in [2.05, 4.69) is 108 Å².